The zero-order chi connectivity index (χ0) is 12.7. The van der Waals surface area contributed by atoms with Crippen LogP contribution in [0.2, 0.25) is 0 Å². The lowest BCUT2D eigenvalue weighted by Gasteiger charge is -2.00. The Morgan fingerprint density at radius 1 is 1.59 bits per heavy atom. The number of allylic oxidation sites excluding steroid dienone is 2. The van der Waals surface area contributed by atoms with Gasteiger partial charge in [0.2, 0.25) is 0 Å². The number of oxime groups is 1. The quantitative estimate of drug-likeness (QED) is 0.339. The van der Waals surface area contributed by atoms with E-state index in [1.807, 2.05) is 12.3 Å². The van der Waals surface area contributed by atoms with Crippen molar-refractivity contribution in [2.45, 2.75) is 26.7 Å². The van der Waals surface area contributed by atoms with Gasteiger partial charge in [-0.2, -0.15) is 0 Å². The van der Waals surface area contributed by atoms with E-state index in [1.165, 1.54) is 29.7 Å². The molecule has 0 aromatic carbocycles. The summed E-state index contributed by atoms with van der Waals surface area (Å²) in [6.07, 6.45) is 7.53. The minimum Gasteiger partial charge on any atom is -0.410 e. The molecule has 0 fully saturated rings. The molecule has 1 heterocycles. The number of nitrogens with two attached hydrogens (primary N) is 1. The molecule has 1 aliphatic rings. The summed E-state index contributed by atoms with van der Waals surface area (Å²) in [5, 5.41) is 9.71. The zero-order valence-electron chi connectivity index (χ0n) is 10.3. The van der Waals surface area contributed by atoms with Gasteiger partial charge in [-0.1, -0.05) is 18.2 Å². The van der Waals surface area contributed by atoms with Crippen LogP contribution in [0.1, 0.15) is 31.0 Å². The van der Waals surface area contributed by atoms with E-state index in [2.05, 4.69) is 41.9 Å². The summed E-state index contributed by atoms with van der Waals surface area (Å²) in [7, 11) is 0. The summed E-state index contributed by atoms with van der Waals surface area (Å²) in [5.41, 5.74) is 8.38. The highest BCUT2D eigenvalue weighted by Gasteiger charge is 2.13. The zero-order valence-corrected chi connectivity index (χ0v) is 10.3. The summed E-state index contributed by atoms with van der Waals surface area (Å²) in [4.78, 5) is 4.39. The van der Waals surface area contributed by atoms with Crippen LogP contribution in [0.4, 0.5) is 0 Å². The van der Waals surface area contributed by atoms with Gasteiger partial charge in [0.15, 0.2) is 0 Å². The molecule has 1 aliphatic carbocycles. The smallest absolute Gasteiger partial charge is 0.125 e. The molecule has 4 nitrogen and oxygen atoms in total. The van der Waals surface area contributed by atoms with Crippen LogP contribution in [0.25, 0.3) is 5.57 Å². The molecule has 2 rings (SSSR count). The lowest BCUT2D eigenvalue weighted by molar-refractivity contribution is 0.321. The van der Waals surface area contributed by atoms with Gasteiger partial charge in [0, 0.05) is 6.20 Å². The number of hydrogen-bond acceptors (Lipinski definition) is 3. The van der Waals surface area contributed by atoms with Gasteiger partial charge in [-0.3, -0.25) is 4.98 Å². The second kappa shape index (κ2) is 6.68. The highest BCUT2D eigenvalue weighted by atomic mass is 16.4. The first-order valence-electron chi connectivity index (χ1n) is 5.68. The molecule has 0 amide bonds. The van der Waals surface area contributed by atoms with Gasteiger partial charge < -0.3 is 10.9 Å². The van der Waals surface area contributed by atoms with Gasteiger partial charge in [0.1, 0.15) is 6.34 Å². The Morgan fingerprint density at radius 2 is 2.29 bits per heavy atom. The van der Waals surface area contributed by atoms with Crippen molar-refractivity contribution in [3.63, 3.8) is 0 Å². The summed E-state index contributed by atoms with van der Waals surface area (Å²) in [6, 6.07) is 4.21. The van der Waals surface area contributed by atoms with Gasteiger partial charge in [-0.25, -0.2) is 0 Å². The van der Waals surface area contributed by atoms with Crippen molar-refractivity contribution in [3.05, 3.63) is 35.7 Å². The van der Waals surface area contributed by atoms with Crippen molar-refractivity contribution in [1.29, 1.82) is 0 Å². The van der Waals surface area contributed by atoms with Gasteiger partial charge in [0.05, 0.1) is 5.69 Å². The molecule has 0 radical (unpaired) electrons. The van der Waals surface area contributed by atoms with Crippen LogP contribution in [-0.4, -0.2) is 16.5 Å². The van der Waals surface area contributed by atoms with E-state index >= 15 is 0 Å². The predicted octanol–water partition coefficient (Wildman–Crippen LogP) is 2.57. The van der Waals surface area contributed by atoms with Crippen molar-refractivity contribution in [2.75, 3.05) is 0 Å². The third-order valence-electron chi connectivity index (χ3n) is 2.67. The maximum atomic E-state index is 7.32. The molecule has 1 aromatic heterocycles. The highest BCUT2D eigenvalue weighted by Crippen LogP contribution is 2.30. The molecule has 0 aliphatic heterocycles. The second-order valence-corrected chi connectivity index (χ2v) is 4.19. The number of hydrogen-bond donors (Lipinski definition) is 2. The average molecular weight is 233 g/mol. The molecule has 0 saturated heterocycles. The van der Waals surface area contributed by atoms with Crippen molar-refractivity contribution in [1.82, 2.24) is 4.98 Å². The van der Waals surface area contributed by atoms with Gasteiger partial charge in [-0.05, 0) is 49.0 Å². The first-order chi connectivity index (χ1) is 8.17. The third-order valence-corrected chi connectivity index (χ3v) is 2.67. The van der Waals surface area contributed by atoms with Crippen LogP contribution in [0.3, 0.4) is 0 Å². The molecule has 1 unspecified atom stereocenters. The molecule has 1 atom stereocenters. The normalized spacial score (nSPS) is 18.7. The Kier molecular flexibility index (Phi) is 5.20. The Labute approximate surface area is 102 Å². The largest absolute Gasteiger partial charge is 0.410 e. The summed E-state index contributed by atoms with van der Waals surface area (Å²) in [5.74, 6) is 0.734. The lowest BCUT2D eigenvalue weighted by Crippen LogP contribution is -1.86. The van der Waals surface area contributed by atoms with E-state index < -0.39 is 0 Å². The monoisotopic (exact) mass is 233 g/mol. The van der Waals surface area contributed by atoms with Crippen LogP contribution in [0.15, 0.2) is 29.6 Å². The van der Waals surface area contributed by atoms with Crippen molar-refractivity contribution in [3.8, 4) is 0 Å². The maximum Gasteiger partial charge on any atom is 0.125 e. The van der Waals surface area contributed by atoms with Crippen molar-refractivity contribution >= 4 is 11.9 Å². The van der Waals surface area contributed by atoms with E-state index in [0.717, 1.165) is 12.3 Å². The first-order valence-corrected chi connectivity index (χ1v) is 5.68. The van der Waals surface area contributed by atoms with Crippen LogP contribution >= 0.6 is 0 Å². The number of aryl methyl sites for hydroxylation is 1. The van der Waals surface area contributed by atoms with Gasteiger partial charge in [-0.15, -0.1) is 0 Å². The van der Waals surface area contributed by atoms with E-state index in [-0.39, 0.29) is 0 Å². The maximum absolute atomic E-state index is 7.32. The fraction of sp³-hybridized carbons (Fsp3) is 0.385. The Balaban J connectivity index is 0.000000317. The fourth-order valence-electron chi connectivity index (χ4n) is 1.82. The van der Waals surface area contributed by atoms with E-state index in [0.29, 0.717) is 0 Å². The Hall–Kier alpha value is -1.84. The van der Waals surface area contributed by atoms with Crippen molar-refractivity contribution in [2.24, 2.45) is 16.8 Å². The Bertz CT molecular complexity index is 409. The molecule has 0 spiro atoms. The molecule has 3 N–H and O–H groups in total. The Morgan fingerprint density at radius 3 is 2.76 bits per heavy atom. The molecule has 1 aromatic rings. The number of pyridine rings is 1. The van der Waals surface area contributed by atoms with Gasteiger partial charge >= 0.3 is 0 Å². The minimum atomic E-state index is 0.734. The lowest BCUT2D eigenvalue weighted by atomic mass is 10.1. The molecular formula is C13H19N3O. The molecule has 92 valence electrons. The summed E-state index contributed by atoms with van der Waals surface area (Å²) >= 11 is 0. The van der Waals surface area contributed by atoms with Crippen LogP contribution < -0.4 is 5.73 Å². The van der Waals surface area contributed by atoms with E-state index in [9.17, 15) is 0 Å². The molecule has 17 heavy (non-hydrogen) atoms. The van der Waals surface area contributed by atoms with Gasteiger partial charge in [0.25, 0.3) is 0 Å². The number of nitrogens with zero attached hydrogens (tertiary/aromatic N) is 2. The second-order valence-electron chi connectivity index (χ2n) is 4.19. The SMILES string of the molecule is Cc1ccnc(C2=CC(C)CC2)c1.N/C=N\O. The summed E-state index contributed by atoms with van der Waals surface area (Å²) in [6.45, 7) is 4.38. The number of rotatable bonds is 1. The van der Waals surface area contributed by atoms with Crippen molar-refractivity contribution < 1.29 is 5.21 Å². The topological polar surface area (TPSA) is 71.5 Å². The van der Waals surface area contributed by atoms with E-state index in [1.54, 1.807) is 0 Å². The highest BCUT2D eigenvalue weighted by molar-refractivity contribution is 5.65. The standard InChI is InChI=1S/C12H15N.CH4N2O/c1-9-3-4-11(7-9)12-8-10(2)5-6-13-12;2-1-3-4/h5-9H,3-4H2,1-2H3;1,4H,(H2,2,3). The predicted molar refractivity (Wildman–Crippen MR) is 69.8 cm³/mol. The average Bonchev–Trinajstić information content (AvgIpc) is 2.76. The number of aromatic nitrogens is 1. The fourth-order valence-corrected chi connectivity index (χ4v) is 1.82. The van der Waals surface area contributed by atoms with Crippen LogP contribution in [0.5, 0.6) is 0 Å². The molecule has 4 heteroatoms. The summed E-state index contributed by atoms with van der Waals surface area (Å²) < 4.78 is 0. The van der Waals surface area contributed by atoms with Crippen LogP contribution in [-0.2, 0) is 0 Å². The first kappa shape index (κ1) is 13.2. The molecule has 0 bridgehead atoms. The van der Waals surface area contributed by atoms with Crippen LogP contribution in [0, 0.1) is 12.8 Å². The minimum absolute atomic E-state index is 0.734. The molecular weight excluding hydrogens is 214 g/mol. The van der Waals surface area contributed by atoms with E-state index in [4.69, 9.17) is 5.21 Å². The third kappa shape index (κ3) is 4.26. The molecule has 0 saturated carbocycles.